The number of benzene rings is 1. The lowest BCUT2D eigenvalue weighted by molar-refractivity contribution is -0.119. The van der Waals surface area contributed by atoms with E-state index < -0.39 is 11.8 Å². The van der Waals surface area contributed by atoms with Crippen LogP contribution in [0.15, 0.2) is 54.5 Å². The molecular weight excluding hydrogens is 433 g/mol. The predicted molar refractivity (Wildman–Crippen MR) is 129 cm³/mol. The zero-order valence-corrected chi connectivity index (χ0v) is 19.5. The van der Waals surface area contributed by atoms with Crippen molar-refractivity contribution < 1.29 is 14.0 Å². The molecule has 7 nitrogen and oxygen atoms in total. The Hall–Kier alpha value is -3.81. The molecule has 1 aliphatic carbocycles. The van der Waals surface area contributed by atoms with Crippen LogP contribution in [0, 0.1) is 19.8 Å². The van der Waals surface area contributed by atoms with Gasteiger partial charge in [-0.2, -0.15) is 5.10 Å². The van der Waals surface area contributed by atoms with Gasteiger partial charge in [-0.25, -0.2) is 4.39 Å². The second-order valence-electron chi connectivity index (χ2n) is 8.76. The van der Waals surface area contributed by atoms with Crippen molar-refractivity contribution in [2.45, 2.75) is 39.0 Å². The maximum Gasteiger partial charge on any atom is 0.266 e. The highest BCUT2D eigenvalue weighted by Gasteiger charge is 2.34. The van der Waals surface area contributed by atoms with Gasteiger partial charge >= 0.3 is 0 Å². The third-order valence-electron chi connectivity index (χ3n) is 6.41. The number of rotatable bonds is 6. The van der Waals surface area contributed by atoms with Gasteiger partial charge in [0.1, 0.15) is 5.69 Å². The second-order valence-corrected chi connectivity index (χ2v) is 8.76. The fraction of sp³-hybridized carbons (Fsp3) is 0.308. The molecule has 0 saturated carbocycles. The summed E-state index contributed by atoms with van der Waals surface area (Å²) in [5.41, 5.74) is 10.9. The number of allylic oxidation sites excluding steroid dienone is 2. The summed E-state index contributed by atoms with van der Waals surface area (Å²) in [6.07, 6.45) is 4.53. The van der Waals surface area contributed by atoms with Crippen molar-refractivity contribution in [3.63, 3.8) is 0 Å². The van der Waals surface area contributed by atoms with Gasteiger partial charge in [-0.1, -0.05) is 18.2 Å². The predicted octanol–water partition coefficient (Wildman–Crippen LogP) is 4.57. The molecule has 0 unspecified atom stereocenters. The van der Waals surface area contributed by atoms with Gasteiger partial charge in [-0.05, 0) is 74.4 Å². The van der Waals surface area contributed by atoms with Gasteiger partial charge in [0.2, 0.25) is 5.91 Å². The fourth-order valence-electron chi connectivity index (χ4n) is 4.66. The molecule has 0 fully saturated rings. The molecule has 0 aliphatic heterocycles. The van der Waals surface area contributed by atoms with Crippen LogP contribution in [-0.2, 0) is 11.8 Å². The Labute approximate surface area is 197 Å². The minimum Gasteiger partial charge on any atom is -0.364 e. The second kappa shape index (κ2) is 9.59. The van der Waals surface area contributed by atoms with Crippen molar-refractivity contribution in [3.8, 4) is 11.1 Å². The molecular formula is C26H28FN5O2. The summed E-state index contributed by atoms with van der Waals surface area (Å²) < 4.78 is 15.0. The number of aryl methyl sites for hydroxylation is 3. The van der Waals surface area contributed by atoms with E-state index >= 15 is 0 Å². The number of nitrogens with zero attached hydrogens (tertiary/aromatic N) is 3. The van der Waals surface area contributed by atoms with Gasteiger partial charge in [0.05, 0.1) is 17.4 Å². The zero-order valence-electron chi connectivity index (χ0n) is 19.5. The van der Waals surface area contributed by atoms with Crippen molar-refractivity contribution in [2.75, 3.05) is 5.32 Å². The number of nitrogens with one attached hydrogen (secondary N) is 1. The average molecular weight is 462 g/mol. The molecule has 0 bridgehead atoms. The quantitative estimate of drug-likeness (QED) is 0.561. The lowest BCUT2D eigenvalue weighted by atomic mass is 9.80. The molecule has 2 aromatic heterocycles. The van der Waals surface area contributed by atoms with Crippen LogP contribution in [-0.4, -0.2) is 26.6 Å². The third kappa shape index (κ3) is 4.76. The highest BCUT2D eigenvalue weighted by atomic mass is 19.1. The maximum atomic E-state index is 13.7. The number of carbonyl (C=O) groups is 2. The first-order chi connectivity index (χ1) is 16.2. The van der Waals surface area contributed by atoms with Crippen molar-refractivity contribution >= 4 is 17.5 Å². The molecule has 0 spiro atoms. The number of hydrogen-bond acceptors (Lipinski definition) is 4. The van der Waals surface area contributed by atoms with E-state index in [9.17, 15) is 14.0 Å². The van der Waals surface area contributed by atoms with E-state index in [-0.39, 0.29) is 29.8 Å². The number of carbonyl (C=O) groups excluding carboxylic acids is 2. The molecule has 34 heavy (non-hydrogen) atoms. The van der Waals surface area contributed by atoms with Crippen LogP contribution >= 0.6 is 0 Å². The van der Waals surface area contributed by atoms with Crippen molar-refractivity contribution in [2.24, 2.45) is 18.7 Å². The average Bonchev–Trinajstić information content (AvgIpc) is 3.17. The standard InChI is InChI=1S/C26H28FN5O2/c1-15-12-13-29-16(2)23(15)17-6-10-20(11-7-17)30-26(34)24(18-4-8-19(27)9-5-18)21-14-22(25(28)33)32(3)31-21/h6-8,10-14,18,24H,4-5,9H2,1-3H3,(H2,28,33)(H,30,34)/t18-,24+/m1/s1. The molecule has 3 aromatic rings. The first-order valence-electron chi connectivity index (χ1n) is 11.3. The first kappa shape index (κ1) is 23.4. The van der Waals surface area contributed by atoms with Crippen LogP contribution in [0.5, 0.6) is 0 Å². The van der Waals surface area contributed by atoms with Gasteiger partial charge in [0.25, 0.3) is 5.91 Å². The molecule has 3 N–H and O–H groups in total. The summed E-state index contributed by atoms with van der Waals surface area (Å²) in [5.74, 6) is -1.82. The summed E-state index contributed by atoms with van der Waals surface area (Å²) in [5, 5.41) is 7.38. The van der Waals surface area contributed by atoms with Crippen LogP contribution in [0.25, 0.3) is 11.1 Å². The number of halogens is 1. The highest BCUT2D eigenvalue weighted by Crippen LogP contribution is 2.37. The topological polar surface area (TPSA) is 103 Å². The molecule has 4 rings (SSSR count). The Morgan fingerprint density at radius 1 is 1.21 bits per heavy atom. The molecule has 0 saturated heterocycles. The summed E-state index contributed by atoms with van der Waals surface area (Å²) in [6.45, 7) is 4.01. The molecule has 0 radical (unpaired) electrons. The zero-order chi connectivity index (χ0) is 24.4. The van der Waals surface area contributed by atoms with Crippen LogP contribution in [0.2, 0.25) is 0 Å². The minimum absolute atomic E-state index is 0.143. The molecule has 2 amide bonds. The molecule has 1 aliphatic rings. The molecule has 2 heterocycles. The van der Waals surface area contributed by atoms with E-state index in [0.29, 0.717) is 24.2 Å². The first-order valence-corrected chi connectivity index (χ1v) is 11.3. The Morgan fingerprint density at radius 3 is 2.53 bits per heavy atom. The highest BCUT2D eigenvalue weighted by molar-refractivity contribution is 5.97. The third-order valence-corrected chi connectivity index (χ3v) is 6.41. The Morgan fingerprint density at radius 2 is 1.94 bits per heavy atom. The molecule has 1 aromatic carbocycles. The van der Waals surface area contributed by atoms with Gasteiger partial charge in [-0.15, -0.1) is 0 Å². The van der Waals surface area contributed by atoms with Gasteiger partial charge < -0.3 is 11.1 Å². The largest absolute Gasteiger partial charge is 0.364 e. The van der Waals surface area contributed by atoms with Crippen LogP contribution in [0.3, 0.4) is 0 Å². The van der Waals surface area contributed by atoms with Gasteiger partial charge in [0.15, 0.2) is 0 Å². The maximum absolute atomic E-state index is 13.7. The number of primary amides is 1. The van der Waals surface area contributed by atoms with Crippen LogP contribution in [0.4, 0.5) is 10.1 Å². The van der Waals surface area contributed by atoms with Gasteiger partial charge in [0, 0.05) is 30.2 Å². The summed E-state index contributed by atoms with van der Waals surface area (Å²) in [4.78, 5) is 29.6. The SMILES string of the molecule is Cc1ccnc(C)c1-c1ccc(NC(=O)[C@H](c2cc(C(N)=O)n(C)n2)[C@@H]2CC=C(F)CC2)cc1. The lowest BCUT2D eigenvalue weighted by Crippen LogP contribution is -2.29. The number of amides is 2. The lowest BCUT2D eigenvalue weighted by Gasteiger charge is -2.26. The fourth-order valence-corrected chi connectivity index (χ4v) is 4.66. The summed E-state index contributed by atoms with van der Waals surface area (Å²) >= 11 is 0. The minimum atomic E-state index is -0.647. The number of nitrogens with two attached hydrogens (primary N) is 1. The number of hydrogen-bond donors (Lipinski definition) is 2. The van der Waals surface area contributed by atoms with E-state index in [1.807, 2.05) is 44.2 Å². The summed E-state index contributed by atoms with van der Waals surface area (Å²) in [6, 6.07) is 11.1. The van der Waals surface area contributed by atoms with Crippen molar-refractivity contribution in [1.82, 2.24) is 14.8 Å². The number of aromatic nitrogens is 3. The normalized spacial score (nSPS) is 16.6. The van der Waals surface area contributed by atoms with Crippen molar-refractivity contribution in [3.05, 3.63) is 77.1 Å². The molecule has 2 atom stereocenters. The summed E-state index contributed by atoms with van der Waals surface area (Å²) in [7, 11) is 1.61. The van der Waals surface area contributed by atoms with E-state index in [2.05, 4.69) is 15.4 Å². The smallest absolute Gasteiger partial charge is 0.266 e. The number of pyridine rings is 1. The number of anilines is 1. The van der Waals surface area contributed by atoms with Gasteiger partial charge in [-0.3, -0.25) is 19.3 Å². The Kier molecular flexibility index (Phi) is 6.58. The van der Waals surface area contributed by atoms with Crippen molar-refractivity contribution in [1.29, 1.82) is 0 Å². The monoisotopic (exact) mass is 461 g/mol. The Bertz CT molecular complexity index is 1240. The molecule has 8 heteroatoms. The Balaban J connectivity index is 1.61. The van der Waals surface area contributed by atoms with Crippen LogP contribution < -0.4 is 11.1 Å². The van der Waals surface area contributed by atoms with E-state index in [4.69, 9.17) is 5.73 Å². The van der Waals surface area contributed by atoms with E-state index in [0.717, 1.165) is 22.4 Å². The van der Waals surface area contributed by atoms with E-state index in [1.165, 1.54) is 10.8 Å². The van der Waals surface area contributed by atoms with Crippen LogP contribution in [0.1, 0.15) is 52.6 Å². The van der Waals surface area contributed by atoms with E-state index in [1.54, 1.807) is 19.3 Å². The molecule has 176 valence electrons.